The van der Waals surface area contributed by atoms with Gasteiger partial charge in [-0.05, 0) is 31.2 Å². The molecule has 0 heterocycles. The van der Waals surface area contributed by atoms with Crippen molar-refractivity contribution >= 4 is 0 Å². The fourth-order valence-electron chi connectivity index (χ4n) is 1.42. The standard InChI is InChI=1S/C11H19N/c1-4-7-11(10-12,8-5-2)9-6-3/h4-6H,1-3,7-10,12H2. The molecule has 0 aromatic rings. The second-order valence-corrected chi connectivity index (χ2v) is 3.18. The molecule has 0 bridgehead atoms. The summed E-state index contributed by atoms with van der Waals surface area (Å²) in [6, 6.07) is 0. The molecular weight excluding hydrogens is 146 g/mol. The van der Waals surface area contributed by atoms with Crippen LogP contribution in [0.15, 0.2) is 38.0 Å². The van der Waals surface area contributed by atoms with Crippen LogP contribution in [0.5, 0.6) is 0 Å². The van der Waals surface area contributed by atoms with E-state index in [-0.39, 0.29) is 5.41 Å². The molecule has 68 valence electrons. The number of nitrogens with two attached hydrogens (primary N) is 1. The fraction of sp³-hybridized carbons (Fsp3) is 0.455. The van der Waals surface area contributed by atoms with Crippen molar-refractivity contribution in [2.75, 3.05) is 6.54 Å². The molecule has 0 rings (SSSR count). The summed E-state index contributed by atoms with van der Waals surface area (Å²) in [5.41, 5.74) is 5.84. The maximum atomic E-state index is 5.72. The summed E-state index contributed by atoms with van der Waals surface area (Å²) < 4.78 is 0. The van der Waals surface area contributed by atoms with Gasteiger partial charge >= 0.3 is 0 Å². The molecule has 0 amide bonds. The van der Waals surface area contributed by atoms with Gasteiger partial charge in [-0.2, -0.15) is 0 Å². The summed E-state index contributed by atoms with van der Waals surface area (Å²) >= 11 is 0. The lowest BCUT2D eigenvalue weighted by atomic mass is 9.78. The van der Waals surface area contributed by atoms with E-state index in [1.54, 1.807) is 0 Å². The predicted molar refractivity (Wildman–Crippen MR) is 55.9 cm³/mol. The van der Waals surface area contributed by atoms with Crippen molar-refractivity contribution in [2.45, 2.75) is 19.3 Å². The summed E-state index contributed by atoms with van der Waals surface area (Å²) in [5.74, 6) is 0. The minimum absolute atomic E-state index is 0.116. The lowest BCUT2D eigenvalue weighted by molar-refractivity contribution is 0.310. The van der Waals surface area contributed by atoms with Crippen LogP contribution < -0.4 is 5.73 Å². The van der Waals surface area contributed by atoms with Gasteiger partial charge in [-0.25, -0.2) is 0 Å². The van der Waals surface area contributed by atoms with Crippen molar-refractivity contribution in [3.63, 3.8) is 0 Å². The van der Waals surface area contributed by atoms with E-state index in [0.29, 0.717) is 6.54 Å². The smallest absolute Gasteiger partial charge is 0.00116 e. The molecule has 0 saturated carbocycles. The largest absolute Gasteiger partial charge is 0.330 e. The Morgan fingerprint density at radius 2 is 1.25 bits per heavy atom. The minimum Gasteiger partial charge on any atom is -0.330 e. The maximum Gasteiger partial charge on any atom is -0.00116 e. The zero-order valence-electron chi connectivity index (χ0n) is 7.76. The van der Waals surface area contributed by atoms with Crippen LogP contribution in [0, 0.1) is 5.41 Å². The van der Waals surface area contributed by atoms with Crippen molar-refractivity contribution in [1.29, 1.82) is 0 Å². The van der Waals surface area contributed by atoms with Crippen LogP contribution in [0.25, 0.3) is 0 Å². The second-order valence-electron chi connectivity index (χ2n) is 3.18. The molecule has 0 aromatic carbocycles. The zero-order valence-corrected chi connectivity index (χ0v) is 7.76. The van der Waals surface area contributed by atoms with E-state index in [1.807, 2.05) is 18.2 Å². The molecule has 0 fully saturated rings. The van der Waals surface area contributed by atoms with Crippen molar-refractivity contribution < 1.29 is 0 Å². The fourth-order valence-corrected chi connectivity index (χ4v) is 1.42. The van der Waals surface area contributed by atoms with Gasteiger partial charge in [0, 0.05) is 0 Å². The monoisotopic (exact) mass is 165 g/mol. The van der Waals surface area contributed by atoms with Crippen molar-refractivity contribution in [3.05, 3.63) is 38.0 Å². The van der Waals surface area contributed by atoms with E-state index in [1.165, 1.54) is 0 Å². The van der Waals surface area contributed by atoms with Gasteiger partial charge in [0.1, 0.15) is 0 Å². The highest BCUT2D eigenvalue weighted by Crippen LogP contribution is 2.30. The molecule has 1 heteroatoms. The molecule has 2 N–H and O–H groups in total. The Morgan fingerprint density at radius 1 is 0.917 bits per heavy atom. The van der Waals surface area contributed by atoms with Gasteiger partial charge in [-0.1, -0.05) is 18.2 Å². The minimum atomic E-state index is 0.116. The van der Waals surface area contributed by atoms with Crippen LogP contribution in [-0.2, 0) is 0 Å². The quantitative estimate of drug-likeness (QED) is 0.577. The van der Waals surface area contributed by atoms with Crippen LogP contribution in [0.1, 0.15) is 19.3 Å². The Bertz CT molecular complexity index is 132. The van der Waals surface area contributed by atoms with Gasteiger partial charge in [0.05, 0.1) is 0 Å². The average Bonchev–Trinajstić information content (AvgIpc) is 2.06. The van der Waals surface area contributed by atoms with Crippen LogP contribution in [0.2, 0.25) is 0 Å². The van der Waals surface area contributed by atoms with E-state index in [0.717, 1.165) is 19.3 Å². The summed E-state index contributed by atoms with van der Waals surface area (Å²) in [6.07, 6.45) is 8.55. The molecule has 0 aliphatic rings. The van der Waals surface area contributed by atoms with Gasteiger partial charge in [-0.15, -0.1) is 19.7 Å². The van der Waals surface area contributed by atoms with Gasteiger partial charge in [0.15, 0.2) is 0 Å². The Hall–Kier alpha value is -0.820. The number of allylic oxidation sites excluding steroid dienone is 3. The Labute approximate surface area is 75.7 Å². The Morgan fingerprint density at radius 3 is 1.42 bits per heavy atom. The van der Waals surface area contributed by atoms with E-state index < -0.39 is 0 Å². The van der Waals surface area contributed by atoms with E-state index in [9.17, 15) is 0 Å². The normalized spacial score (nSPS) is 10.8. The highest BCUT2D eigenvalue weighted by Gasteiger charge is 2.23. The zero-order chi connectivity index (χ0) is 9.45. The van der Waals surface area contributed by atoms with Crippen LogP contribution in [0.4, 0.5) is 0 Å². The van der Waals surface area contributed by atoms with Gasteiger partial charge in [-0.3, -0.25) is 0 Å². The van der Waals surface area contributed by atoms with Crippen molar-refractivity contribution in [1.82, 2.24) is 0 Å². The van der Waals surface area contributed by atoms with E-state index in [2.05, 4.69) is 19.7 Å². The summed E-state index contributed by atoms with van der Waals surface area (Å²) in [7, 11) is 0. The van der Waals surface area contributed by atoms with Gasteiger partial charge in [0.2, 0.25) is 0 Å². The van der Waals surface area contributed by atoms with Crippen molar-refractivity contribution in [3.8, 4) is 0 Å². The molecular formula is C11H19N. The summed E-state index contributed by atoms with van der Waals surface area (Å²) in [4.78, 5) is 0. The number of hydrogen-bond donors (Lipinski definition) is 1. The molecule has 0 unspecified atom stereocenters. The predicted octanol–water partition coefficient (Wildman–Crippen LogP) is 2.66. The number of rotatable bonds is 7. The maximum absolute atomic E-state index is 5.72. The lowest BCUT2D eigenvalue weighted by Gasteiger charge is -2.28. The molecule has 0 aromatic heterocycles. The van der Waals surface area contributed by atoms with Crippen LogP contribution in [-0.4, -0.2) is 6.54 Å². The molecule has 0 aliphatic heterocycles. The first-order valence-electron chi connectivity index (χ1n) is 4.27. The van der Waals surface area contributed by atoms with Crippen LogP contribution >= 0.6 is 0 Å². The highest BCUT2D eigenvalue weighted by atomic mass is 14.6. The first-order chi connectivity index (χ1) is 5.74. The second kappa shape index (κ2) is 5.78. The SMILES string of the molecule is C=CCC(CN)(CC=C)CC=C. The molecule has 0 spiro atoms. The van der Waals surface area contributed by atoms with E-state index in [4.69, 9.17) is 5.73 Å². The molecule has 0 saturated heterocycles. The average molecular weight is 165 g/mol. The van der Waals surface area contributed by atoms with Crippen LogP contribution in [0.3, 0.4) is 0 Å². The highest BCUT2D eigenvalue weighted by molar-refractivity contribution is 4.96. The molecule has 0 aliphatic carbocycles. The first-order valence-corrected chi connectivity index (χ1v) is 4.27. The first kappa shape index (κ1) is 11.2. The molecule has 12 heavy (non-hydrogen) atoms. The Kier molecular flexibility index (Phi) is 5.39. The number of hydrogen-bond acceptors (Lipinski definition) is 1. The summed E-state index contributed by atoms with van der Waals surface area (Å²) in [6.45, 7) is 11.9. The summed E-state index contributed by atoms with van der Waals surface area (Å²) in [5, 5.41) is 0. The third-order valence-electron chi connectivity index (χ3n) is 2.17. The molecule has 1 nitrogen and oxygen atoms in total. The van der Waals surface area contributed by atoms with Crippen molar-refractivity contribution in [2.24, 2.45) is 11.1 Å². The molecule has 0 radical (unpaired) electrons. The Balaban J connectivity index is 4.35. The topological polar surface area (TPSA) is 26.0 Å². The lowest BCUT2D eigenvalue weighted by Crippen LogP contribution is -2.28. The van der Waals surface area contributed by atoms with Gasteiger partial charge < -0.3 is 5.73 Å². The van der Waals surface area contributed by atoms with Gasteiger partial charge in [0.25, 0.3) is 0 Å². The third-order valence-corrected chi connectivity index (χ3v) is 2.17. The molecule has 0 atom stereocenters. The van der Waals surface area contributed by atoms with E-state index >= 15 is 0 Å². The third kappa shape index (κ3) is 3.05.